The van der Waals surface area contributed by atoms with Crippen LogP contribution in [0.25, 0.3) is 0 Å². The van der Waals surface area contributed by atoms with E-state index in [1.165, 1.54) is 77.0 Å². The Morgan fingerprint density at radius 3 is 1.00 bits per heavy atom. The summed E-state index contributed by atoms with van der Waals surface area (Å²) in [7, 11) is 0. The van der Waals surface area contributed by atoms with E-state index in [4.69, 9.17) is 0 Å². The summed E-state index contributed by atoms with van der Waals surface area (Å²) in [4.78, 5) is 0. The predicted molar refractivity (Wildman–Crippen MR) is 117 cm³/mol. The lowest BCUT2D eigenvalue weighted by molar-refractivity contribution is 0.367. The van der Waals surface area contributed by atoms with E-state index in [1.807, 2.05) is 0 Å². The molecule has 0 nitrogen and oxygen atoms in total. The molecule has 0 aliphatic carbocycles. The molecule has 0 saturated carbocycles. The van der Waals surface area contributed by atoms with E-state index >= 15 is 0 Å². The van der Waals surface area contributed by atoms with Gasteiger partial charge in [0, 0.05) is 0 Å². The summed E-state index contributed by atoms with van der Waals surface area (Å²) in [6, 6.07) is 0. The highest BCUT2D eigenvalue weighted by atomic mass is 14.1. The van der Waals surface area contributed by atoms with Gasteiger partial charge in [0.25, 0.3) is 0 Å². The van der Waals surface area contributed by atoms with E-state index in [2.05, 4.69) is 48.5 Å². The minimum atomic E-state index is 0.819. The normalized spacial score (nSPS) is 16.8. The zero-order valence-corrected chi connectivity index (χ0v) is 18.8. The Labute approximate surface area is 161 Å². The van der Waals surface area contributed by atoms with Gasteiger partial charge in [0.05, 0.1) is 0 Å². The van der Waals surface area contributed by atoms with Crippen LogP contribution in [-0.4, -0.2) is 0 Å². The van der Waals surface area contributed by atoms with Crippen LogP contribution < -0.4 is 0 Å². The van der Waals surface area contributed by atoms with Crippen LogP contribution in [0.3, 0.4) is 0 Å². The van der Waals surface area contributed by atoms with Crippen molar-refractivity contribution in [2.24, 2.45) is 29.6 Å². The number of hydrogen-bond donors (Lipinski definition) is 0. The van der Waals surface area contributed by atoms with Crippen molar-refractivity contribution in [3.63, 3.8) is 0 Å². The van der Waals surface area contributed by atoms with Crippen molar-refractivity contribution in [3.8, 4) is 0 Å². The predicted octanol–water partition coefficient (Wildman–Crippen LogP) is 9.09. The molecule has 1 radical (unpaired) electrons. The van der Waals surface area contributed by atoms with Crippen molar-refractivity contribution >= 4 is 0 Å². The molecule has 0 fully saturated rings. The first kappa shape index (κ1) is 25.0. The second-order valence-electron chi connectivity index (χ2n) is 9.83. The zero-order valence-electron chi connectivity index (χ0n) is 18.8. The van der Waals surface area contributed by atoms with Gasteiger partial charge in [-0.05, 0) is 29.6 Å². The highest BCUT2D eigenvalue weighted by molar-refractivity contribution is 4.62. The average Bonchev–Trinajstić information content (AvgIpc) is 2.54. The first-order valence-corrected chi connectivity index (χ1v) is 11.6. The topological polar surface area (TPSA) is 0 Å². The molecule has 0 amide bonds. The van der Waals surface area contributed by atoms with Crippen LogP contribution in [0.15, 0.2) is 0 Å². The van der Waals surface area contributed by atoms with Gasteiger partial charge in [0.2, 0.25) is 0 Å². The molecule has 4 atom stereocenters. The lowest BCUT2D eigenvalue weighted by Crippen LogP contribution is -2.02. The van der Waals surface area contributed by atoms with Gasteiger partial charge in [-0.15, -0.1) is 0 Å². The summed E-state index contributed by atoms with van der Waals surface area (Å²) >= 11 is 0. The standard InChI is InChI=1S/C25H51/c1-8-22(4)14-10-16-24(6)18-12-20-25(7)19-11-17-23(5)15-9-13-21(2)3/h21-25H,1,8-20H2,2-7H3. The van der Waals surface area contributed by atoms with Crippen LogP contribution in [0, 0.1) is 36.5 Å². The van der Waals surface area contributed by atoms with Gasteiger partial charge in [-0.3, -0.25) is 0 Å². The van der Waals surface area contributed by atoms with Crippen LogP contribution in [0.2, 0.25) is 0 Å². The summed E-state index contributed by atoms with van der Waals surface area (Å²) in [6.07, 6.45) is 18.3. The monoisotopic (exact) mass is 351 g/mol. The lowest BCUT2D eigenvalue weighted by atomic mass is 9.90. The molecular formula is C25H51. The van der Waals surface area contributed by atoms with E-state index in [-0.39, 0.29) is 0 Å². The molecule has 0 N–H and O–H groups in total. The fraction of sp³-hybridized carbons (Fsp3) is 0.960. The van der Waals surface area contributed by atoms with E-state index in [0.29, 0.717) is 0 Å². The smallest absolute Gasteiger partial charge is 0.0443 e. The molecule has 0 heteroatoms. The molecule has 0 aliphatic rings. The quantitative estimate of drug-likeness (QED) is 0.245. The Bertz CT molecular complexity index is 267. The maximum atomic E-state index is 4.01. The van der Waals surface area contributed by atoms with Crippen LogP contribution in [0.1, 0.15) is 125 Å². The second kappa shape index (κ2) is 16.2. The third-order valence-electron chi connectivity index (χ3n) is 6.15. The second-order valence-corrected chi connectivity index (χ2v) is 9.83. The zero-order chi connectivity index (χ0) is 19.1. The number of rotatable bonds is 17. The Morgan fingerprint density at radius 1 is 0.440 bits per heavy atom. The molecule has 0 spiro atoms. The van der Waals surface area contributed by atoms with Crippen LogP contribution >= 0.6 is 0 Å². The fourth-order valence-electron chi connectivity index (χ4n) is 3.90. The molecular weight excluding hydrogens is 300 g/mol. The van der Waals surface area contributed by atoms with Crippen molar-refractivity contribution in [1.29, 1.82) is 0 Å². The van der Waals surface area contributed by atoms with Crippen LogP contribution in [0.4, 0.5) is 0 Å². The Morgan fingerprint density at radius 2 is 0.720 bits per heavy atom. The van der Waals surface area contributed by atoms with Crippen molar-refractivity contribution in [2.75, 3.05) is 0 Å². The lowest BCUT2D eigenvalue weighted by Gasteiger charge is -2.16. The maximum Gasteiger partial charge on any atom is -0.0443 e. The van der Waals surface area contributed by atoms with Gasteiger partial charge < -0.3 is 0 Å². The molecule has 0 aromatic carbocycles. The summed E-state index contributed by atoms with van der Waals surface area (Å²) in [6.45, 7) is 18.4. The minimum Gasteiger partial charge on any atom is -0.0628 e. The van der Waals surface area contributed by atoms with Crippen LogP contribution in [-0.2, 0) is 0 Å². The molecule has 0 bridgehead atoms. The summed E-state index contributed by atoms with van der Waals surface area (Å²) in [5, 5.41) is 0. The van der Waals surface area contributed by atoms with E-state index < -0.39 is 0 Å². The van der Waals surface area contributed by atoms with E-state index in [9.17, 15) is 0 Å². The molecule has 4 unspecified atom stereocenters. The molecule has 0 rings (SSSR count). The molecule has 0 aliphatic heterocycles. The van der Waals surface area contributed by atoms with Crippen molar-refractivity contribution < 1.29 is 0 Å². The summed E-state index contributed by atoms with van der Waals surface area (Å²) in [5.74, 6) is 4.49. The molecule has 0 heterocycles. The number of hydrogen-bond acceptors (Lipinski definition) is 0. The third-order valence-corrected chi connectivity index (χ3v) is 6.15. The minimum absolute atomic E-state index is 0.819. The molecule has 0 aromatic heterocycles. The van der Waals surface area contributed by atoms with Crippen molar-refractivity contribution in [2.45, 2.75) is 125 Å². The van der Waals surface area contributed by atoms with Gasteiger partial charge >= 0.3 is 0 Å². The first-order chi connectivity index (χ1) is 11.8. The molecule has 0 saturated heterocycles. The highest BCUT2D eigenvalue weighted by Gasteiger charge is 2.08. The van der Waals surface area contributed by atoms with Gasteiger partial charge in [0.1, 0.15) is 0 Å². The summed E-state index contributed by atoms with van der Waals surface area (Å²) < 4.78 is 0. The Kier molecular flexibility index (Phi) is 16.2. The molecule has 25 heavy (non-hydrogen) atoms. The third kappa shape index (κ3) is 17.2. The van der Waals surface area contributed by atoms with Crippen LogP contribution in [0.5, 0.6) is 0 Å². The van der Waals surface area contributed by atoms with Gasteiger partial charge in [0.15, 0.2) is 0 Å². The Balaban J connectivity index is 3.52. The van der Waals surface area contributed by atoms with Crippen molar-refractivity contribution in [3.05, 3.63) is 6.92 Å². The Hall–Kier alpha value is 0. The fourth-order valence-corrected chi connectivity index (χ4v) is 3.90. The van der Waals surface area contributed by atoms with Gasteiger partial charge in [-0.1, -0.05) is 132 Å². The molecule has 0 aromatic rings. The first-order valence-electron chi connectivity index (χ1n) is 11.6. The largest absolute Gasteiger partial charge is 0.0628 e. The molecule has 151 valence electrons. The maximum absolute atomic E-state index is 4.01. The van der Waals surface area contributed by atoms with Gasteiger partial charge in [-0.25, -0.2) is 0 Å². The SMILES string of the molecule is [CH2]CC(C)CCCC(C)CCCC(C)CCCC(C)CCCC(C)C. The average molecular weight is 352 g/mol. The highest BCUT2D eigenvalue weighted by Crippen LogP contribution is 2.23. The van der Waals surface area contributed by atoms with E-state index in [1.54, 1.807) is 0 Å². The summed E-state index contributed by atoms with van der Waals surface area (Å²) in [5.41, 5.74) is 0. The van der Waals surface area contributed by atoms with Gasteiger partial charge in [-0.2, -0.15) is 0 Å². The van der Waals surface area contributed by atoms with E-state index in [0.717, 1.165) is 36.0 Å². The van der Waals surface area contributed by atoms with Crippen molar-refractivity contribution in [1.82, 2.24) is 0 Å².